The van der Waals surface area contributed by atoms with Crippen molar-refractivity contribution in [1.82, 2.24) is 0 Å². The van der Waals surface area contributed by atoms with E-state index in [9.17, 15) is 0 Å². The molecule has 0 aromatic rings. The predicted molar refractivity (Wildman–Crippen MR) is 25.0 cm³/mol. The molecule has 0 saturated carbocycles. The van der Waals surface area contributed by atoms with E-state index in [1.807, 2.05) is 6.92 Å². The molecular formula is C3H8O5PPt. The summed E-state index contributed by atoms with van der Waals surface area (Å²) in [5.74, 6) is 0. The van der Waals surface area contributed by atoms with Crippen LogP contribution in [-0.2, 0) is 25.6 Å². The van der Waals surface area contributed by atoms with E-state index in [2.05, 4.69) is 0 Å². The average Bonchev–Trinajstić information content (AvgIpc) is 1.61. The Morgan fingerprint density at radius 3 is 1.50 bits per heavy atom. The fourth-order valence-corrected chi connectivity index (χ4v) is 0. The van der Waals surface area contributed by atoms with Crippen LogP contribution in [0.3, 0.4) is 0 Å². The molecule has 1 radical (unpaired) electrons. The van der Waals surface area contributed by atoms with Crippen molar-refractivity contribution < 1.29 is 45.4 Å². The summed E-state index contributed by atoms with van der Waals surface area (Å²) in [6.07, 6.45) is 0.875. The molecule has 10 heavy (non-hydrogen) atoms. The van der Waals surface area contributed by atoms with Crippen molar-refractivity contribution in [3.63, 3.8) is 0 Å². The molecule has 0 atom stereocenters. The van der Waals surface area contributed by atoms with Crippen LogP contribution in [0, 0.1) is 0 Å². The third kappa shape index (κ3) is 171. The molecule has 0 rings (SSSR count). The Bertz CT molecular complexity index is 80.6. The van der Waals surface area contributed by atoms with E-state index in [1.165, 1.54) is 0 Å². The molecule has 1 N–H and O–H groups in total. The van der Waals surface area contributed by atoms with Crippen LogP contribution in [-0.4, -0.2) is 11.7 Å². The normalized spacial score (nSPS) is 8.90. The molecule has 0 saturated heterocycles. The number of hydrogen-bond acceptors (Lipinski definition) is 5. The molecule has 0 aromatic heterocycles. The van der Waals surface area contributed by atoms with Crippen LogP contribution in [0.2, 0.25) is 0 Å². The number of hydrogen-bond donors (Lipinski definition) is 1. The number of rotatable bonds is 1. The van der Waals surface area contributed by atoms with E-state index in [0.29, 0.717) is 6.61 Å². The van der Waals surface area contributed by atoms with Gasteiger partial charge in [-0.15, -0.1) is 0 Å². The van der Waals surface area contributed by atoms with E-state index in [1.54, 1.807) is 0 Å². The monoisotopic (exact) mass is 350 g/mol. The Labute approximate surface area is 73.6 Å². The molecule has 7 heteroatoms. The first-order valence-corrected chi connectivity index (χ1v) is 3.71. The van der Waals surface area contributed by atoms with Crippen LogP contribution in [0.5, 0.6) is 0 Å². The summed E-state index contributed by atoms with van der Waals surface area (Å²) in [4.78, 5) is 25.6. The Kier molecular flexibility index (Phi) is 16.6. The molecule has 0 amide bonds. The van der Waals surface area contributed by atoms with E-state index >= 15 is 0 Å². The zero-order valence-electron chi connectivity index (χ0n) is 5.26. The second-order valence-electron chi connectivity index (χ2n) is 1.17. The van der Waals surface area contributed by atoms with Gasteiger partial charge >= 0.3 is 21.1 Å². The summed E-state index contributed by atoms with van der Waals surface area (Å²) in [5.41, 5.74) is 0. The van der Waals surface area contributed by atoms with Crippen molar-refractivity contribution in [2.45, 2.75) is 13.3 Å². The topological polar surface area (TPSA) is 106 Å². The van der Waals surface area contributed by atoms with Gasteiger partial charge in [-0.3, -0.25) is 0 Å². The quantitative estimate of drug-likeness (QED) is 0.529. The summed E-state index contributed by atoms with van der Waals surface area (Å²) < 4.78 is 8.55. The molecule has 0 bridgehead atoms. The maximum absolute atomic E-state index is 8.55. The van der Waals surface area contributed by atoms with Crippen LogP contribution >= 0.6 is 7.82 Å². The standard InChI is InChI=1S/C3H8O.H3O4P.Pt/c1-2-3-4;1-5(2,3)4;/h4H,2-3H2,1H3;(H3,1,2,3,4);/q;;+3/p-3. The summed E-state index contributed by atoms with van der Waals surface area (Å²) >= 11 is 0. The first-order chi connectivity index (χ1) is 3.91. The first kappa shape index (κ1) is 17.0. The van der Waals surface area contributed by atoms with Gasteiger partial charge in [-0.1, -0.05) is 6.92 Å². The summed E-state index contributed by atoms with van der Waals surface area (Å²) in [6.45, 7) is 2.25. The molecule has 5 nitrogen and oxygen atoms in total. The van der Waals surface area contributed by atoms with Gasteiger partial charge in [-0.2, -0.15) is 7.82 Å². The van der Waals surface area contributed by atoms with Crippen molar-refractivity contribution in [1.29, 1.82) is 0 Å². The fraction of sp³-hybridized carbons (Fsp3) is 1.00. The third-order valence-corrected chi connectivity index (χ3v) is 0.224. The van der Waals surface area contributed by atoms with Crippen LogP contribution in [0.15, 0.2) is 0 Å². The van der Waals surface area contributed by atoms with Gasteiger partial charge in [0.05, 0.1) is 0 Å². The summed E-state index contributed by atoms with van der Waals surface area (Å²) in [5, 5.41) is 7.88. The van der Waals surface area contributed by atoms with Gasteiger partial charge < -0.3 is 24.4 Å². The maximum Gasteiger partial charge on any atom is 3.00 e. The predicted octanol–water partition coefficient (Wildman–Crippen LogP) is -2.44. The van der Waals surface area contributed by atoms with Gasteiger partial charge in [-0.25, -0.2) is 0 Å². The number of aliphatic hydroxyl groups is 1. The van der Waals surface area contributed by atoms with Crippen molar-refractivity contribution in [2.24, 2.45) is 0 Å². The van der Waals surface area contributed by atoms with Crippen molar-refractivity contribution in [3.05, 3.63) is 0 Å². The van der Waals surface area contributed by atoms with Crippen molar-refractivity contribution >= 4 is 7.82 Å². The van der Waals surface area contributed by atoms with Gasteiger partial charge in [0.15, 0.2) is 0 Å². The SMILES string of the molecule is CCCO.O=P([O-])([O-])[O-].[Pt+3]. The molecule has 65 valence electrons. The Hall–Kier alpha value is 0.758. The van der Waals surface area contributed by atoms with Crippen LogP contribution in [0.1, 0.15) is 13.3 Å². The Morgan fingerprint density at radius 1 is 1.40 bits per heavy atom. The summed E-state index contributed by atoms with van der Waals surface area (Å²) in [6, 6.07) is 0. The molecule has 0 unspecified atom stereocenters. The minimum absolute atomic E-state index is 0. The minimum atomic E-state index is -5.39. The third-order valence-electron chi connectivity index (χ3n) is 0.224. The molecule has 0 spiro atoms. The largest absolute Gasteiger partial charge is 3.00 e. The minimum Gasteiger partial charge on any atom is -0.822 e. The van der Waals surface area contributed by atoms with Gasteiger partial charge in [-0.05, 0) is 6.42 Å². The van der Waals surface area contributed by atoms with Crippen LogP contribution in [0.4, 0.5) is 0 Å². The molecule has 0 aliphatic heterocycles. The zero-order valence-corrected chi connectivity index (χ0v) is 8.42. The maximum atomic E-state index is 8.55. The zero-order chi connectivity index (χ0) is 7.91. The van der Waals surface area contributed by atoms with Crippen LogP contribution < -0.4 is 14.7 Å². The average molecular weight is 350 g/mol. The first-order valence-electron chi connectivity index (χ1n) is 2.25. The molecule has 0 aromatic carbocycles. The fourth-order valence-electron chi connectivity index (χ4n) is 0. The van der Waals surface area contributed by atoms with Gasteiger partial charge in [0, 0.05) is 6.61 Å². The Morgan fingerprint density at radius 2 is 1.50 bits per heavy atom. The molecule has 0 aliphatic carbocycles. The van der Waals surface area contributed by atoms with Crippen molar-refractivity contribution in [2.75, 3.05) is 6.61 Å². The number of aliphatic hydroxyl groups excluding tert-OH is 1. The van der Waals surface area contributed by atoms with E-state index in [0.717, 1.165) is 6.42 Å². The molecule has 0 fully saturated rings. The molecule has 0 aliphatic rings. The van der Waals surface area contributed by atoms with E-state index < -0.39 is 7.82 Å². The smallest absolute Gasteiger partial charge is 0.822 e. The number of phosphoric acid groups is 1. The van der Waals surface area contributed by atoms with Gasteiger partial charge in [0.25, 0.3) is 0 Å². The second-order valence-corrected chi connectivity index (χ2v) is 2.07. The second kappa shape index (κ2) is 9.76. The summed E-state index contributed by atoms with van der Waals surface area (Å²) in [7, 11) is -5.39. The van der Waals surface area contributed by atoms with Gasteiger partial charge in [0.2, 0.25) is 0 Å². The molecular weight excluding hydrogens is 342 g/mol. The van der Waals surface area contributed by atoms with Crippen LogP contribution in [0.25, 0.3) is 0 Å². The Balaban J connectivity index is -0.0000000910. The molecule has 0 heterocycles. The van der Waals surface area contributed by atoms with E-state index in [4.69, 9.17) is 24.4 Å². The van der Waals surface area contributed by atoms with Gasteiger partial charge in [0.1, 0.15) is 0 Å². The van der Waals surface area contributed by atoms with E-state index in [-0.39, 0.29) is 21.1 Å². The van der Waals surface area contributed by atoms with Crippen molar-refractivity contribution in [3.8, 4) is 0 Å².